The van der Waals surface area contributed by atoms with E-state index in [-0.39, 0.29) is 68.9 Å². The number of carbonyl (C=O) groups excluding carboxylic acids is 2. The van der Waals surface area contributed by atoms with Gasteiger partial charge in [0.1, 0.15) is 35.2 Å². The number of rotatable bonds is 8. The molecule has 0 spiro atoms. The van der Waals surface area contributed by atoms with Crippen LogP contribution in [0.3, 0.4) is 0 Å². The van der Waals surface area contributed by atoms with Crippen LogP contribution in [0.25, 0.3) is 32.9 Å². The van der Waals surface area contributed by atoms with E-state index < -0.39 is 11.6 Å². The third-order valence-electron chi connectivity index (χ3n) is 12.0. The van der Waals surface area contributed by atoms with E-state index in [1.165, 1.54) is 36.5 Å². The molecule has 2 N–H and O–H groups in total. The summed E-state index contributed by atoms with van der Waals surface area (Å²) in [6, 6.07) is 12.0. The smallest absolute Gasteiger partial charge is 0.319 e. The summed E-state index contributed by atoms with van der Waals surface area (Å²) in [5.74, 6) is 0.781. The van der Waals surface area contributed by atoms with Gasteiger partial charge in [-0.25, -0.2) is 8.78 Å². The predicted molar refractivity (Wildman–Crippen MR) is 209 cm³/mol. The molecule has 4 saturated heterocycles. The summed E-state index contributed by atoms with van der Waals surface area (Å²) >= 11 is 0. The molecule has 0 radical (unpaired) electrons. The Morgan fingerprint density at radius 3 is 2.48 bits per heavy atom. The highest BCUT2D eigenvalue weighted by atomic mass is 19.1. The summed E-state index contributed by atoms with van der Waals surface area (Å²) in [5.41, 5.74) is 0.824. The molecule has 284 valence electrons. The van der Waals surface area contributed by atoms with Gasteiger partial charge >= 0.3 is 6.01 Å². The number of hydrogen-bond acceptors (Lipinski definition) is 9. The zero-order chi connectivity index (χ0) is 38.7. The quantitative estimate of drug-likeness (QED) is 0.136. The number of phenols is 1. The molecule has 2 amide bonds. The van der Waals surface area contributed by atoms with E-state index in [1.54, 1.807) is 24.3 Å². The van der Waals surface area contributed by atoms with Crippen LogP contribution in [-0.2, 0) is 4.79 Å². The van der Waals surface area contributed by atoms with E-state index >= 15 is 4.39 Å². The van der Waals surface area contributed by atoms with Crippen molar-refractivity contribution < 1.29 is 28.2 Å². The van der Waals surface area contributed by atoms with Crippen LogP contribution in [0.15, 0.2) is 67.4 Å². The lowest BCUT2D eigenvalue weighted by molar-refractivity contribution is -0.111. The Morgan fingerprint density at radius 2 is 1.79 bits per heavy atom. The number of nitrogens with zero attached hydrogens (tertiary/aromatic N) is 6. The van der Waals surface area contributed by atoms with Gasteiger partial charge in [0.05, 0.1) is 28.6 Å². The Morgan fingerprint density at radius 1 is 1.05 bits per heavy atom. The molecule has 2 atom stereocenters. The number of hydrogen-bond donors (Lipinski definition) is 2. The SMILES string of the molecule is C#Cc1c(F)ccc2cc(O)cc(-c3ncc4c(N5CC6CCC(C5)N6C(=O)c5ccc(NC(=O)C=C)cc5)nc(OCC56CCCN5CCC6)nc4c3F)c12. The number of piperazine rings is 1. The van der Waals surface area contributed by atoms with Crippen molar-refractivity contribution in [3.8, 4) is 35.4 Å². The maximum absolute atomic E-state index is 17.1. The third kappa shape index (κ3) is 5.96. The molecule has 11 nitrogen and oxygen atoms in total. The maximum atomic E-state index is 17.1. The molecule has 2 bridgehead atoms. The van der Waals surface area contributed by atoms with E-state index in [9.17, 15) is 19.1 Å². The number of benzene rings is 3. The fourth-order valence-corrected chi connectivity index (χ4v) is 9.37. The van der Waals surface area contributed by atoms with Gasteiger partial charge in [-0.15, -0.1) is 6.42 Å². The third-order valence-corrected chi connectivity index (χ3v) is 12.0. The average molecular weight is 756 g/mol. The second-order valence-electron chi connectivity index (χ2n) is 15.2. The Labute approximate surface area is 322 Å². The van der Waals surface area contributed by atoms with Gasteiger partial charge in [-0.2, -0.15) is 9.97 Å². The molecular weight excluding hydrogens is 717 g/mol. The minimum atomic E-state index is -0.791. The number of anilines is 2. The van der Waals surface area contributed by atoms with Gasteiger partial charge in [0, 0.05) is 41.5 Å². The van der Waals surface area contributed by atoms with Crippen molar-refractivity contribution in [2.75, 3.05) is 43.0 Å². The molecule has 4 aliphatic heterocycles. The van der Waals surface area contributed by atoms with E-state index in [4.69, 9.17) is 16.1 Å². The van der Waals surface area contributed by atoms with Crippen LogP contribution in [0.5, 0.6) is 11.8 Å². The topological polar surface area (TPSA) is 124 Å². The van der Waals surface area contributed by atoms with Gasteiger partial charge in [0.15, 0.2) is 5.82 Å². The van der Waals surface area contributed by atoms with Crippen molar-refractivity contribution in [1.29, 1.82) is 0 Å². The molecule has 6 heterocycles. The molecule has 56 heavy (non-hydrogen) atoms. The first-order chi connectivity index (χ1) is 27.2. The van der Waals surface area contributed by atoms with Gasteiger partial charge in [-0.05, 0) is 106 Å². The molecule has 0 aliphatic carbocycles. The summed E-state index contributed by atoms with van der Waals surface area (Å²) < 4.78 is 38.5. The molecule has 5 aromatic rings. The van der Waals surface area contributed by atoms with Crippen molar-refractivity contribution in [3.63, 3.8) is 0 Å². The molecule has 4 fully saturated rings. The van der Waals surface area contributed by atoms with Crippen molar-refractivity contribution in [2.45, 2.75) is 56.1 Å². The summed E-state index contributed by atoms with van der Waals surface area (Å²) in [4.78, 5) is 46.2. The number of aromatic nitrogens is 3. The summed E-state index contributed by atoms with van der Waals surface area (Å²) in [6.07, 6.45) is 14.1. The first kappa shape index (κ1) is 35.6. The fraction of sp³-hybridized carbons (Fsp3) is 0.326. The summed E-state index contributed by atoms with van der Waals surface area (Å²) in [7, 11) is 0. The monoisotopic (exact) mass is 755 g/mol. The summed E-state index contributed by atoms with van der Waals surface area (Å²) in [5, 5.41) is 14.4. The number of amides is 2. The Balaban J connectivity index is 1.09. The molecule has 13 heteroatoms. The summed E-state index contributed by atoms with van der Waals surface area (Å²) in [6.45, 7) is 6.73. The number of carbonyl (C=O) groups is 2. The van der Waals surface area contributed by atoms with Crippen molar-refractivity contribution in [1.82, 2.24) is 24.8 Å². The van der Waals surface area contributed by atoms with Crippen LogP contribution in [0.2, 0.25) is 0 Å². The molecule has 4 aliphatic rings. The fourth-order valence-electron chi connectivity index (χ4n) is 9.37. The molecular formula is C43H39F2N7O4. The second-order valence-corrected chi connectivity index (χ2v) is 15.2. The average Bonchev–Trinajstić information content (AvgIpc) is 3.87. The van der Waals surface area contributed by atoms with Gasteiger partial charge in [-0.3, -0.25) is 19.5 Å². The van der Waals surface area contributed by atoms with Crippen molar-refractivity contribution in [3.05, 3.63) is 90.1 Å². The number of pyridine rings is 1. The second kappa shape index (κ2) is 13.9. The number of nitrogens with one attached hydrogen (secondary N) is 1. The standard InChI is InChI=1S/C43H39F2N7O4/c1-3-31-34(44)14-9-26-19-30(53)20-32(36(26)31)38-37(45)39-33(21-46-38)40(49-42(48-39)56-24-43-15-5-17-51(43)18-6-16-43)50-22-28-12-13-29(23-50)52(28)41(55)25-7-10-27(11-8-25)47-35(54)4-2/h1,4,7-11,14,19-21,28-29,53H,2,5-6,12-13,15-18,22-24H2,(H,47,54). The highest BCUT2D eigenvalue weighted by molar-refractivity contribution is 6.03. The largest absolute Gasteiger partial charge is 0.508 e. The maximum Gasteiger partial charge on any atom is 0.319 e. The zero-order valence-corrected chi connectivity index (χ0v) is 30.6. The Bertz CT molecular complexity index is 2460. The molecule has 9 rings (SSSR count). The highest BCUT2D eigenvalue weighted by Gasteiger charge is 2.46. The predicted octanol–water partition coefficient (Wildman–Crippen LogP) is 6.44. The van der Waals surface area contributed by atoms with E-state index in [0.717, 1.165) is 51.6 Å². The first-order valence-corrected chi connectivity index (χ1v) is 18.9. The van der Waals surface area contributed by atoms with E-state index in [0.29, 0.717) is 47.5 Å². The minimum absolute atomic E-state index is 0.0299. The number of ether oxygens (including phenoxy) is 1. The number of aromatic hydroxyl groups is 1. The highest BCUT2D eigenvalue weighted by Crippen LogP contribution is 2.42. The van der Waals surface area contributed by atoms with Gasteiger partial charge in [-0.1, -0.05) is 18.6 Å². The van der Waals surface area contributed by atoms with Crippen LogP contribution >= 0.6 is 0 Å². The van der Waals surface area contributed by atoms with Crippen LogP contribution in [0, 0.1) is 24.0 Å². The normalized spacial score (nSPS) is 19.9. The number of terminal acetylenes is 1. The van der Waals surface area contributed by atoms with Crippen molar-refractivity contribution in [2.24, 2.45) is 0 Å². The van der Waals surface area contributed by atoms with Crippen LogP contribution < -0.4 is 15.0 Å². The zero-order valence-electron chi connectivity index (χ0n) is 30.6. The van der Waals surface area contributed by atoms with Gasteiger partial charge in [0.2, 0.25) is 5.91 Å². The lowest BCUT2D eigenvalue weighted by Gasteiger charge is -2.42. The van der Waals surface area contributed by atoms with Gasteiger partial charge in [0.25, 0.3) is 5.91 Å². The van der Waals surface area contributed by atoms with Gasteiger partial charge < -0.3 is 25.0 Å². The van der Waals surface area contributed by atoms with Crippen LogP contribution in [0.1, 0.15) is 54.4 Å². The minimum Gasteiger partial charge on any atom is -0.508 e. The molecule has 0 saturated carbocycles. The molecule has 3 aromatic carbocycles. The first-order valence-electron chi connectivity index (χ1n) is 18.9. The lowest BCUT2D eigenvalue weighted by atomic mass is 9.95. The molecule has 2 aromatic heterocycles. The number of fused-ring (bicyclic) bond motifs is 5. The Kier molecular flexibility index (Phi) is 8.81. The van der Waals surface area contributed by atoms with E-state index in [1.807, 2.05) is 4.90 Å². The van der Waals surface area contributed by atoms with Crippen LogP contribution in [-0.4, -0.2) is 92.1 Å². The lowest BCUT2D eigenvalue weighted by Crippen LogP contribution is -2.56. The van der Waals surface area contributed by atoms with Crippen LogP contribution in [0.4, 0.5) is 20.3 Å². The number of halogens is 2. The van der Waals surface area contributed by atoms with Crippen molar-refractivity contribution >= 4 is 45.0 Å². The molecule has 2 unspecified atom stereocenters. The van der Waals surface area contributed by atoms with E-state index in [2.05, 4.69) is 37.6 Å². The number of phenolic OH excluding ortho intramolecular Hbond substituents is 1. The Hall–Kier alpha value is -6.13.